The van der Waals surface area contributed by atoms with Gasteiger partial charge in [-0.25, -0.2) is 0 Å². The van der Waals surface area contributed by atoms with Gasteiger partial charge in [0.1, 0.15) is 11.5 Å². The summed E-state index contributed by atoms with van der Waals surface area (Å²) in [6.45, 7) is 6.69. The highest BCUT2D eigenvalue weighted by Gasteiger charge is 2.16. The molecule has 0 amide bonds. The fourth-order valence-corrected chi connectivity index (χ4v) is 2.92. The third kappa shape index (κ3) is 4.04. The molecule has 0 spiro atoms. The molecule has 1 unspecified atom stereocenters. The number of hydrogen-bond acceptors (Lipinski definition) is 3. The topological polar surface area (TPSA) is 42.2 Å². The molecule has 0 aliphatic heterocycles. The summed E-state index contributed by atoms with van der Waals surface area (Å²) < 4.78 is 11.3. The van der Waals surface area contributed by atoms with E-state index in [0.717, 1.165) is 28.2 Å². The van der Waals surface area contributed by atoms with Gasteiger partial charge < -0.3 is 9.47 Å². The van der Waals surface area contributed by atoms with Crippen molar-refractivity contribution >= 4 is 0 Å². The van der Waals surface area contributed by atoms with Gasteiger partial charge in [-0.1, -0.05) is 35.9 Å². The molecular formula is C20H23NO2. The van der Waals surface area contributed by atoms with Crippen LogP contribution in [-0.2, 0) is 0 Å². The van der Waals surface area contributed by atoms with Crippen LogP contribution >= 0.6 is 0 Å². The summed E-state index contributed by atoms with van der Waals surface area (Å²) in [6, 6.07) is 14.2. The maximum Gasteiger partial charge on any atom is 0.125 e. The van der Waals surface area contributed by atoms with Gasteiger partial charge in [-0.05, 0) is 38.0 Å². The first kappa shape index (κ1) is 16.9. The molecule has 2 rings (SSSR count). The minimum Gasteiger partial charge on any atom is -0.496 e. The van der Waals surface area contributed by atoms with Crippen LogP contribution in [0.5, 0.6) is 11.5 Å². The fourth-order valence-electron chi connectivity index (χ4n) is 2.92. The Balaban J connectivity index is 2.07. The summed E-state index contributed by atoms with van der Waals surface area (Å²) in [5.74, 6) is 1.44. The van der Waals surface area contributed by atoms with Crippen LogP contribution in [0, 0.1) is 32.1 Å². The number of aryl methyl sites for hydroxylation is 3. The van der Waals surface area contributed by atoms with E-state index >= 15 is 0 Å². The second-order valence-electron chi connectivity index (χ2n) is 5.79. The van der Waals surface area contributed by atoms with E-state index in [9.17, 15) is 5.26 Å². The fraction of sp³-hybridized carbons (Fsp3) is 0.350. The van der Waals surface area contributed by atoms with E-state index in [-0.39, 0.29) is 5.92 Å². The number of nitriles is 1. The van der Waals surface area contributed by atoms with Gasteiger partial charge in [0.25, 0.3) is 0 Å². The number of rotatable bonds is 6. The van der Waals surface area contributed by atoms with Crippen LogP contribution in [0.15, 0.2) is 36.4 Å². The maximum atomic E-state index is 9.48. The lowest BCUT2D eigenvalue weighted by molar-refractivity contribution is 0.300. The Kier molecular flexibility index (Phi) is 5.65. The van der Waals surface area contributed by atoms with Gasteiger partial charge in [-0.3, -0.25) is 0 Å². The van der Waals surface area contributed by atoms with Crippen LogP contribution < -0.4 is 9.47 Å². The molecule has 0 aliphatic carbocycles. The summed E-state index contributed by atoms with van der Waals surface area (Å²) >= 11 is 0. The van der Waals surface area contributed by atoms with Crippen LogP contribution in [0.2, 0.25) is 0 Å². The molecule has 3 nitrogen and oxygen atoms in total. The second-order valence-corrected chi connectivity index (χ2v) is 5.79. The zero-order chi connectivity index (χ0) is 16.8. The predicted molar refractivity (Wildman–Crippen MR) is 92.1 cm³/mol. The Morgan fingerprint density at radius 3 is 2.35 bits per heavy atom. The van der Waals surface area contributed by atoms with Crippen molar-refractivity contribution in [2.45, 2.75) is 33.1 Å². The highest BCUT2D eigenvalue weighted by Crippen LogP contribution is 2.29. The molecule has 0 saturated heterocycles. The second kappa shape index (κ2) is 7.69. The zero-order valence-electron chi connectivity index (χ0n) is 14.2. The van der Waals surface area contributed by atoms with Gasteiger partial charge in [0.05, 0.1) is 25.7 Å². The molecule has 1 atom stereocenters. The molecule has 0 radical (unpaired) electrons. The van der Waals surface area contributed by atoms with Crippen LogP contribution in [0.3, 0.4) is 0 Å². The predicted octanol–water partition coefficient (Wildman–Crippen LogP) is 4.70. The third-order valence-corrected chi connectivity index (χ3v) is 3.93. The van der Waals surface area contributed by atoms with E-state index in [4.69, 9.17) is 9.47 Å². The molecule has 0 bridgehead atoms. The molecule has 0 heterocycles. The van der Waals surface area contributed by atoms with Gasteiger partial charge in [0.2, 0.25) is 0 Å². The van der Waals surface area contributed by atoms with Gasteiger partial charge in [-0.2, -0.15) is 5.26 Å². The maximum absolute atomic E-state index is 9.48. The smallest absolute Gasteiger partial charge is 0.125 e. The van der Waals surface area contributed by atoms with E-state index in [1.165, 1.54) is 5.56 Å². The van der Waals surface area contributed by atoms with Crippen LogP contribution in [0.25, 0.3) is 0 Å². The molecule has 2 aromatic rings. The minimum atomic E-state index is -0.239. The molecule has 2 aromatic carbocycles. The highest BCUT2D eigenvalue weighted by atomic mass is 16.5. The lowest BCUT2D eigenvalue weighted by atomic mass is 9.96. The standard InChI is InChI=1S/C20H23NO2/c1-14-11-15(2)20(16(3)12-14)23-10-9-17(13-21)18-7-5-6-8-19(18)22-4/h5-8,11-12,17H,9-10H2,1-4H3. The quantitative estimate of drug-likeness (QED) is 0.777. The normalized spacial score (nSPS) is 11.6. The molecule has 120 valence electrons. The number of ether oxygens (including phenoxy) is 2. The van der Waals surface area contributed by atoms with E-state index in [1.807, 2.05) is 24.3 Å². The van der Waals surface area contributed by atoms with E-state index in [1.54, 1.807) is 7.11 Å². The molecule has 3 heteroatoms. The molecule has 0 N–H and O–H groups in total. The average molecular weight is 309 g/mol. The van der Waals surface area contributed by atoms with Crippen molar-refractivity contribution in [2.24, 2.45) is 0 Å². The van der Waals surface area contributed by atoms with Crippen LogP contribution in [0.4, 0.5) is 0 Å². The van der Waals surface area contributed by atoms with E-state index < -0.39 is 0 Å². The lowest BCUT2D eigenvalue weighted by Gasteiger charge is -2.16. The summed E-state index contributed by atoms with van der Waals surface area (Å²) in [7, 11) is 1.63. The largest absolute Gasteiger partial charge is 0.496 e. The number of nitrogens with zero attached hydrogens (tertiary/aromatic N) is 1. The van der Waals surface area contributed by atoms with Crippen molar-refractivity contribution < 1.29 is 9.47 Å². The number of methoxy groups -OCH3 is 1. The number of hydrogen-bond donors (Lipinski definition) is 0. The Morgan fingerprint density at radius 1 is 1.09 bits per heavy atom. The number of benzene rings is 2. The first-order valence-corrected chi connectivity index (χ1v) is 7.80. The van der Waals surface area contributed by atoms with Crippen molar-refractivity contribution in [1.82, 2.24) is 0 Å². The van der Waals surface area contributed by atoms with Crippen molar-refractivity contribution in [3.8, 4) is 17.6 Å². The molecule has 0 fully saturated rings. The molecule has 23 heavy (non-hydrogen) atoms. The van der Waals surface area contributed by atoms with Gasteiger partial charge in [0, 0.05) is 12.0 Å². The lowest BCUT2D eigenvalue weighted by Crippen LogP contribution is -2.07. The minimum absolute atomic E-state index is 0.239. The summed E-state index contributed by atoms with van der Waals surface area (Å²) in [4.78, 5) is 0. The Hall–Kier alpha value is -2.47. The monoisotopic (exact) mass is 309 g/mol. The van der Waals surface area contributed by atoms with Crippen molar-refractivity contribution in [3.05, 3.63) is 58.7 Å². The molecule has 0 aromatic heterocycles. The van der Waals surface area contributed by atoms with Gasteiger partial charge in [0.15, 0.2) is 0 Å². The van der Waals surface area contributed by atoms with Crippen molar-refractivity contribution in [2.75, 3.05) is 13.7 Å². The summed E-state index contributed by atoms with van der Waals surface area (Å²) in [5, 5.41) is 9.48. The molecule has 0 aliphatic rings. The Bertz CT molecular complexity index is 693. The van der Waals surface area contributed by atoms with Crippen LogP contribution in [0.1, 0.15) is 34.6 Å². The Labute approximate surface area is 138 Å². The Morgan fingerprint density at radius 2 is 1.74 bits per heavy atom. The van der Waals surface area contributed by atoms with Gasteiger partial charge >= 0.3 is 0 Å². The zero-order valence-corrected chi connectivity index (χ0v) is 14.2. The first-order valence-electron chi connectivity index (χ1n) is 7.80. The van der Waals surface area contributed by atoms with Crippen molar-refractivity contribution in [1.29, 1.82) is 5.26 Å². The van der Waals surface area contributed by atoms with E-state index in [0.29, 0.717) is 13.0 Å². The number of para-hydroxylation sites is 1. The molecule has 0 saturated carbocycles. The first-order chi connectivity index (χ1) is 11.1. The summed E-state index contributed by atoms with van der Waals surface area (Å²) in [6.07, 6.45) is 0.629. The highest BCUT2D eigenvalue weighted by molar-refractivity contribution is 5.43. The average Bonchev–Trinajstić information content (AvgIpc) is 2.53. The third-order valence-electron chi connectivity index (χ3n) is 3.93. The molecular weight excluding hydrogens is 286 g/mol. The summed E-state index contributed by atoms with van der Waals surface area (Å²) in [5.41, 5.74) is 4.41. The van der Waals surface area contributed by atoms with E-state index in [2.05, 4.69) is 39.0 Å². The van der Waals surface area contributed by atoms with Crippen molar-refractivity contribution in [3.63, 3.8) is 0 Å². The SMILES string of the molecule is COc1ccccc1C(C#N)CCOc1c(C)cc(C)cc1C. The van der Waals surface area contributed by atoms with Gasteiger partial charge in [-0.15, -0.1) is 0 Å². The van der Waals surface area contributed by atoms with Crippen LogP contribution in [-0.4, -0.2) is 13.7 Å².